The Bertz CT molecular complexity index is 1240. The Morgan fingerprint density at radius 2 is 1.35 bits per heavy atom. The first-order valence-electron chi connectivity index (χ1n) is 10.2. The highest BCUT2D eigenvalue weighted by Gasteiger charge is 2.24. The van der Waals surface area contributed by atoms with Crippen molar-refractivity contribution >= 4 is 34.4 Å². The molecule has 0 N–H and O–H groups in total. The molecule has 154 valence electrons. The lowest BCUT2D eigenvalue weighted by molar-refractivity contribution is 0.104. The van der Waals surface area contributed by atoms with Gasteiger partial charge >= 0.3 is 0 Å². The van der Waals surface area contributed by atoms with Crippen LogP contribution in [0.25, 0.3) is 22.9 Å². The normalized spacial score (nSPS) is 11.1. The van der Waals surface area contributed by atoms with Gasteiger partial charge in [0.25, 0.3) is 0 Å². The second-order valence-electron chi connectivity index (χ2n) is 7.55. The fourth-order valence-corrected chi connectivity index (χ4v) is 3.95. The van der Waals surface area contributed by atoms with Gasteiger partial charge in [-0.05, 0) is 10.9 Å². The summed E-state index contributed by atoms with van der Waals surface area (Å²) < 4.78 is 5.87. The minimum absolute atomic E-state index is 0.00438. The van der Waals surface area contributed by atoms with E-state index < -0.39 is 0 Å². The smallest absolute Gasteiger partial charge is 0.194 e. The lowest BCUT2D eigenvalue weighted by atomic mass is 9.89. The molecule has 3 heteroatoms. The Morgan fingerprint density at radius 1 is 0.774 bits per heavy atom. The zero-order valence-corrected chi connectivity index (χ0v) is 18.0. The van der Waals surface area contributed by atoms with E-state index in [0.29, 0.717) is 11.1 Å². The van der Waals surface area contributed by atoms with Crippen LogP contribution in [-0.4, -0.2) is 27.0 Å². The molecule has 0 aliphatic heterocycles. The van der Waals surface area contributed by atoms with Crippen LogP contribution in [0.4, 0.5) is 5.69 Å². The molecular formula is C28H25NO2. The number of nitrogens with zero attached hydrogens (tertiary/aromatic N) is 1. The molecule has 0 aromatic heterocycles. The minimum atomic E-state index is -0.00438. The number of methoxy groups -OCH3 is 1. The summed E-state index contributed by atoms with van der Waals surface area (Å²) in [6.45, 7) is 0. The van der Waals surface area contributed by atoms with E-state index in [2.05, 4.69) is 0 Å². The molecule has 0 saturated heterocycles. The Kier molecular flexibility index (Phi) is 5.85. The van der Waals surface area contributed by atoms with E-state index in [1.165, 1.54) is 0 Å². The Balaban J connectivity index is 2.07. The summed E-state index contributed by atoms with van der Waals surface area (Å²) in [5.41, 5.74) is 4.14. The standard InChI is InChI=1S/C28H25NO2/c1-29(2)26-24(19-18-20-12-6-4-7-13-20)25(27(30)21-14-8-5-9-15-21)22-16-10-11-17-23(22)28(26)31-3/h4-19H,1-3H3. The largest absolute Gasteiger partial charge is 0.494 e. The van der Waals surface area contributed by atoms with E-state index in [4.69, 9.17) is 4.74 Å². The van der Waals surface area contributed by atoms with Crippen LogP contribution >= 0.6 is 0 Å². The van der Waals surface area contributed by atoms with E-state index in [-0.39, 0.29) is 5.78 Å². The van der Waals surface area contributed by atoms with Crippen LogP contribution in [0.5, 0.6) is 5.75 Å². The molecule has 0 aliphatic rings. The van der Waals surface area contributed by atoms with E-state index in [9.17, 15) is 4.79 Å². The number of hydrogen-bond donors (Lipinski definition) is 0. The molecule has 0 spiro atoms. The lowest BCUT2D eigenvalue weighted by Crippen LogP contribution is -2.15. The number of rotatable bonds is 6. The molecule has 0 atom stereocenters. The summed E-state index contributed by atoms with van der Waals surface area (Å²) in [5, 5.41) is 1.80. The highest BCUT2D eigenvalue weighted by atomic mass is 16.5. The number of anilines is 1. The van der Waals surface area contributed by atoms with E-state index in [0.717, 1.165) is 33.3 Å². The van der Waals surface area contributed by atoms with Crippen LogP contribution in [-0.2, 0) is 0 Å². The second-order valence-corrected chi connectivity index (χ2v) is 7.55. The predicted octanol–water partition coefficient (Wildman–Crippen LogP) is 6.32. The van der Waals surface area contributed by atoms with Gasteiger partial charge in [0.1, 0.15) is 0 Å². The summed E-state index contributed by atoms with van der Waals surface area (Å²) in [5.74, 6) is 0.758. The Labute approximate surface area is 183 Å². The number of benzene rings is 4. The fourth-order valence-electron chi connectivity index (χ4n) is 3.95. The summed E-state index contributed by atoms with van der Waals surface area (Å²) in [6, 6.07) is 27.5. The highest BCUT2D eigenvalue weighted by Crippen LogP contribution is 2.43. The van der Waals surface area contributed by atoms with E-state index >= 15 is 0 Å². The van der Waals surface area contributed by atoms with Crippen molar-refractivity contribution < 1.29 is 9.53 Å². The Hall–Kier alpha value is -3.85. The molecule has 4 rings (SSSR count). The Morgan fingerprint density at radius 3 is 1.97 bits per heavy atom. The minimum Gasteiger partial charge on any atom is -0.494 e. The molecular weight excluding hydrogens is 382 g/mol. The maximum absolute atomic E-state index is 13.8. The van der Waals surface area contributed by atoms with Gasteiger partial charge in [-0.25, -0.2) is 0 Å². The van der Waals surface area contributed by atoms with Crippen molar-refractivity contribution in [3.05, 3.63) is 107 Å². The number of carbonyl (C=O) groups excluding carboxylic acids is 1. The first kappa shape index (κ1) is 20.4. The average Bonchev–Trinajstić information content (AvgIpc) is 2.82. The predicted molar refractivity (Wildman–Crippen MR) is 130 cm³/mol. The van der Waals surface area contributed by atoms with Crippen LogP contribution in [0, 0.1) is 0 Å². The molecule has 0 unspecified atom stereocenters. The summed E-state index contributed by atoms with van der Waals surface area (Å²) in [7, 11) is 5.63. The maximum atomic E-state index is 13.8. The van der Waals surface area contributed by atoms with Gasteiger partial charge in [0.2, 0.25) is 0 Å². The molecule has 0 bridgehead atoms. The van der Waals surface area contributed by atoms with Gasteiger partial charge in [0.15, 0.2) is 11.5 Å². The number of fused-ring (bicyclic) bond motifs is 1. The van der Waals surface area contributed by atoms with E-state index in [1.54, 1.807) is 7.11 Å². The molecule has 0 saturated carbocycles. The maximum Gasteiger partial charge on any atom is 0.194 e. The molecule has 0 heterocycles. The quantitative estimate of drug-likeness (QED) is 0.277. The topological polar surface area (TPSA) is 29.5 Å². The lowest BCUT2D eigenvalue weighted by Gasteiger charge is -2.24. The van der Waals surface area contributed by atoms with Crippen LogP contribution in [0.3, 0.4) is 0 Å². The number of ketones is 1. The second kappa shape index (κ2) is 8.88. The summed E-state index contributed by atoms with van der Waals surface area (Å²) in [6.07, 6.45) is 4.06. The van der Waals surface area contributed by atoms with Gasteiger partial charge in [-0.1, -0.05) is 97.1 Å². The fraction of sp³-hybridized carbons (Fsp3) is 0.107. The summed E-state index contributed by atoms with van der Waals surface area (Å²) in [4.78, 5) is 15.8. The van der Waals surface area contributed by atoms with Gasteiger partial charge in [0, 0.05) is 36.2 Å². The van der Waals surface area contributed by atoms with Crippen molar-refractivity contribution in [1.82, 2.24) is 0 Å². The van der Waals surface area contributed by atoms with Crippen molar-refractivity contribution in [1.29, 1.82) is 0 Å². The zero-order chi connectivity index (χ0) is 21.8. The van der Waals surface area contributed by atoms with Crippen molar-refractivity contribution in [2.75, 3.05) is 26.1 Å². The molecule has 3 nitrogen and oxygen atoms in total. The van der Waals surface area contributed by atoms with Gasteiger partial charge in [-0.3, -0.25) is 4.79 Å². The van der Waals surface area contributed by atoms with E-state index in [1.807, 2.05) is 116 Å². The number of hydrogen-bond acceptors (Lipinski definition) is 3. The molecule has 4 aromatic rings. The SMILES string of the molecule is COc1c(N(C)C)c(C=Cc2ccccc2)c(C(=O)c2ccccc2)c2ccccc12. The molecule has 31 heavy (non-hydrogen) atoms. The third-order valence-corrected chi connectivity index (χ3v) is 5.34. The highest BCUT2D eigenvalue weighted by molar-refractivity contribution is 6.21. The first-order valence-corrected chi connectivity index (χ1v) is 10.2. The van der Waals surface area contributed by atoms with Gasteiger partial charge in [-0.2, -0.15) is 0 Å². The number of ether oxygens (including phenoxy) is 1. The van der Waals surface area contributed by atoms with Crippen LogP contribution in [0.1, 0.15) is 27.0 Å². The van der Waals surface area contributed by atoms with Gasteiger partial charge < -0.3 is 9.64 Å². The third-order valence-electron chi connectivity index (χ3n) is 5.34. The molecule has 4 aromatic carbocycles. The molecule has 0 radical (unpaired) electrons. The first-order chi connectivity index (χ1) is 15.1. The number of carbonyl (C=O) groups is 1. The molecule has 0 fully saturated rings. The van der Waals surface area contributed by atoms with Crippen LogP contribution in [0.15, 0.2) is 84.9 Å². The van der Waals surface area contributed by atoms with Crippen molar-refractivity contribution in [2.45, 2.75) is 0 Å². The molecule has 0 aliphatic carbocycles. The van der Waals surface area contributed by atoms with Crippen molar-refractivity contribution in [2.24, 2.45) is 0 Å². The third kappa shape index (κ3) is 3.95. The molecule has 0 amide bonds. The average molecular weight is 408 g/mol. The van der Waals surface area contributed by atoms with Gasteiger partial charge in [0.05, 0.1) is 12.8 Å². The van der Waals surface area contributed by atoms with Crippen molar-refractivity contribution in [3.8, 4) is 5.75 Å². The van der Waals surface area contributed by atoms with Crippen LogP contribution in [0.2, 0.25) is 0 Å². The summed E-state index contributed by atoms with van der Waals surface area (Å²) >= 11 is 0. The monoisotopic (exact) mass is 407 g/mol. The van der Waals surface area contributed by atoms with Gasteiger partial charge in [-0.15, -0.1) is 0 Å². The zero-order valence-electron chi connectivity index (χ0n) is 18.0. The van der Waals surface area contributed by atoms with Crippen LogP contribution < -0.4 is 9.64 Å². The van der Waals surface area contributed by atoms with Crippen molar-refractivity contribution in [3.63, 3.8) is 0 Å².